The Balaban J connectivity index is 2.23. The lowest BCUT2D eigenvalue weighted by atomic mass is 10.2. The van der Waals surface area contributed by atoms with Crippen LogP contribution < -0.4 is 10.6 Å². The molecule has 0 aliphatic heterocycles. The molecule has 1 heterocycles. The normalized spacial score (nSPS) is 11.9. The monoisotopic (exact) mass is 332 g/mol. The van der Waals surface area contributed by atoms with Crippen LogP contribution in [0.3, 0.4) is 0 Å². The fourth-order valence-electron chi connectivity index (χ4n) is 2.00. The van der Waals surface area contributed by atoms with E-state index in [2.05, 4.69) is 27.5 Å². The third-order valence-electron chi connectivity index (χ3n) is 3.59. The number of halogens is 1. The van der Waals surface area contributed by atoms with E-state index in [4.69, 9.17) is 11.6 Å². The summed E-state index contributed by atoms with van der Waals surface area (Å²) >= 11 is 6.08. The standard InChI is InChI=1S/C17H21ClN4O/c1-5-10(2)19-17-20-11(3)9-15(22-17)16(23)21-14-8-6-7-13(18)12(14)4/h6-10H,5H2,1-4H3,(H,21,23)(H,19,20,22). The molecule has 1 aromatic carbocycles. The molecular formula is C17H21ClN4O. The van der Waals surface area contributed by atoms with Crippen LogP contribution in [-0.4, -0.2) is 21.9 Å². The number of anilines is 2. The first-order valence-corrected chi connectivity index (χ1v) is 7.97. The molecule has 6 heteroatoms. The number of nitrogens with zero attached hydrogens (tertiary/aromatic N) is 2. The van der Waals surface area contributed by atoms with Gasteiger partial charge in [-0.1, -0.05) is 24.6 Å². The lowest BCUT2D eigenvalue weighted by Gasteiger charge is -2.13. The number of rotatable bonds is 5. The second-order valence-corrected chi connectivity index (χ2v) is 5.95. The molecule has 0 saturated carbocycles. The molecule has 23 heavy (non-hydrogen) atoms. The molecule has 1 aromatic heterocycles. The lowest BCUT2D eigenvalue weighted by Crippen LogP contribution is -2.20. The van der Waals surface area contributed by atoms with Crippen molar-refractivity contribution in [2.24, 2.45) is 0 Å². The Morgan fingerprint density at radius 1 is 1.30 bits per heavy atom. The highest BCUT2D eigenvalue weighted by molar-refractivity contribution is 6.31. The van der Waals surface area contributed by atoms with Crippen LogP contribution in [0.25, 0.3) is 0 Å². The van der Waals surface area contributed by atoms with Crippen molar-refractivity contribution in [1.29, 1.82) is 0 Å². The van der Waals surface area contributed by atoms with E-state index in [1.165, 1.54) is 0 Å². The number of amides is 1. The van der Waals surface area contributed by atoms with Crippen LogP contribution in [0.4, 0.5) is 11.6 Å². The Labute approximate surface area is 141 Å². The topological polar surface area (TPSA) is 66.9 Å². The molecule has 1 unspecified atom stereocenters. The molecule has 0 radical (unpaired) electrons. The van der Waals surface area contributed by atoms with E-state index < -0.39 is 0 Å². The number of hydrogen-bond acceptors (Lipinski definition) is 4. The van der Waals surface area contributed by atoms with E-state index in [0.717, 1.165) is 17.7 Å². The van der Waals surface area contributed by atoms with Crippen molar-refractivity contribution in [2.75, 3.05) is 10.6 Å². The molecule has 2 aromatic rings. The zero-order valence-corrected chi connectivity index (χ0v) is 14.5. The fraction of sp³-hybridized carbons (Fsp3) is 0.353. The predicted molar refractivity (Wildman–Crippen MR) is 94.3 cm³/mol. The average Bonchev–Trinajstić information content (AvgIpc) is 2.51. The van der Waals surface area contributed by atoms with Gasteiger partial charge in [-0.15, -0.1) is 0 Å². The van der Waals surface area contributed by atoms with Crippen molar-refractivity contribution in [3.8, 4) is 0 Å². The van der Waals surface area contributed by atoms with Gasteiger partial charge in [0.1, 0.15) is 5.69 Å². The van der Waals surface area contributed by atoms with E-state index in [1.807, 2.05) is 26.8 Å². The highest BCUT2D eigenvalue weighted by atomic mass is 35.5. The molecule has 2 N–H and O–H groups in total. The van der Waals surface area contributed by atoms with Crippen LogP contribution in [0.15, 0.2) is 24.3 Å². The SMILES string of the molecule is CCC(C)Nc1nc(C)cc(C(=O)Nc2cccc(Cl)c2C)n1. The Morgan fingerprint density at radius 3 is 2.74 bits per heavy atom. The number of benzene rings is 1. The molecule has 122 valence electrons. The number of carbonyl (C=O) groups is 1. The maximum atomic E-state index is 12.5. The van der Waals surface area contributed by atoms with E-state index >= 15 is 0 Å². The Morgan fingerprint density at radius 2 is 2.04 bits per heavy atom. The van der Waals surface area contributed by atoms with Crippen LogP contribution in [0.5, 0.6) is 0 Å². The zero-order chi connectivity index (χ0) is 17.0. The van der Waals surface area contributed by atoms with E-state index in [0.29, 0.717) is 22.4 Å². The summed E-state index contributed by atoms with van der Waals surface area (Å²) in [5.74, 6) is 0.181. The molecular weight excluding hydrogens is 312 g/mol. The van der Waals surface area contributed by atoms with Crippen molar-refractivity contribution < 1.29 is 4.79 Å². The van der Waals surface area contributed by atoms with Crippen molar-refractivity contribution in [2.45, 2.75) is 40.2 Å². The van der Waals surface area contributed by atoms with Crippen LogP contribution in [0.2, 0.25) is 5.02 Å². The molecule has 0 saturated heterocycles. The third kappa shape index (κ3) is 4.42. The van der Waals surface area contributed by atoms with Gasteiger partial charge >= 0.3 is 0 Å². The molecule has 0 bridgehead atoms. The third-order valence-corrected chi connectivity index (χ3v) is 4.00. The minimum atomic E-state index is -0.284. The van der Waals surface area contributed by atoms with Crippen LogP contribution >= 0.6 is 11.6 Å². The first-order valence-electron chi connectivity index (χ1n) is 7.59. The van der Waals surface area contributed by atoms with Gasteiger partial charge in [0.2, 0.25) is 5.95 Å². The molecule has 5 nitrogen and oxygen atoms in total. The van der Waals surface area contributed by atoms with E-state index in [-0.39, 0.29) is 11.9 Å². The summed E-state index contributed by atoms with van der Waals surface area (Å²) in [7, 11) is 0. The summed E-state index contributed by atoms with van der Waals surface area (Å²) in [5.41, 5.74) is 2.56. The summed E-state index contributed by atoms with van der Waals surface area (Å²) in [6, 6.07) is 7.30. The van der Waals surface area contributed by atoms with Gasteiger partial charge in [0.25, 0.3) is 5.91 Å². The molecule has 1 amide bonds. The Kier molecular flexibility index (Phi) is 5.55. The molecule has 0 aliphatic carbocycles. The molecule has 0 fully saturated rings. The second-order valence-electron chi connectivity index (χ2n) is 5.54. The van der Waals surface area contributed by atoms with Gasteiger partial charge in [-0.25, -0.2) is 9.97 Å². The van der Waals surface area contributed by atoms with E-state index in [1.54, 1.807) is 18.2 Å². The van der Waals surface area contributed by atoms with Crippen LogP contribution in [0, 0.1) is 13.8 Å². The predicted octanol–water partition coefficient (Wildman–Crippen LogP) is 4.21. The average molecular weight is 333 g/mol. The number of carbonyl (C=O) groups excluding carboxylic acids is 1. The number of nitrogens with one attached hydrogen (secondary N) is 2. The minimum Gasteiger partial charge on any atom is -0.352 e. The first kappa shape index (κ1) is 17.2. The fourth-order valence-corrected chi connectivity index (χ4v) is 2.18. The number of aromatic nitrogens is 2. The van der Waals surface area contributed by atoms with Crippen LogP contribution in [-0.2, 0) is 0 Å². The molecule has 0 aliphatic rings. The van der Waals surface area contributed by atoms with E-state index in [9.17, 15) is 4.79 Å². The first-order chi connectivity index (χ1) is 10.9. The van der Waals surface area contributed by atoms with Crippen molar-refractivity contribution >= 4 is 29.1 Å². The second kappa shape index (κ2) is 7.42. The van der Waals surface area contributed by atoms with Gasteiger partial charge in [0.15, 0.2) is 0 Å². The van der Waals surface area contributed by atoms with Crippen molar-refractivity contribution in [3.63, 3.8) is 0 Å². The Hall–Kier alpha value is -2.14. The van der Waals surface area contributed by atoms with Crippen LogP contribution in [0.1, 0.15) is 42.0 Å². The maximum Gasteiger partial charge on any atom is 0.274 e. The summed E-state index contributed by atoms with van der Waals surface area (Å²) < 4.78 is 0. The van der Waals surface area contributed by atoms with Gasteiger partial charge < -0.3 is 10.6 Å². The highest BCUT2D eigenvalue weighted by Gasteiger charge is 2.13. The van der Waals surface area contributed by atoms with Gasteiger partial charge in [-0.05, 0) is 51.0 Å². The summed E-state index contributed by atoms with van der Waals surface area (Å²) in [6.45, 7) is 7.81. The Bertz CT molecular complexity index is 718. The minimum absolute atomic E-state index is 0.239. The maximum absolute atomic E-state index is 12.5. The van der Waals surface area contributed by atoms with Gasteiger partial charge in [0.05, 0.1) is 0 Å². The lowest BCUT2D eigenvalue weighted by molar-refractivity contribution is 0.102. The van der Waals surface area contributed by atoms with Crippen molar-refractivity contribution in [1.82, 2.24) is 9.97 Å². The number of aryl methyl sites for hydroxylation is 1. The largest absolute Gasteiger partial charge is 0.352 e. The zero-order valence-electron chi connectivity index (χ0n) is 13.8. The summed E-state index contributed by atoms with van der Waals surface area (Å²) in [6.07, 6.45) is 0.945. The smallest absolute Gasteiger partial charge is 0.274 e. The van der Waals surface area contributed by atoms with Crippen molar-refractivity contribution in [3.05, 3.63) is 46.2 Å². The molecule has 1 atom stereocenters. The summed E-state index contributed by atoms with van der Waals surface area (Å²) in [4.78, 5) is 21.1. The van der Waals surface area contributed by atoms with Gasteiger partial charge in [-0.2, -0.15) is 0 Å². The molecule has 2 rings (SSSR count). The van der Waals surface area contributed by atoms with Gasteiger partial charge in [0, 0.05) is 22.4 Å². The highest BCUT2D eigenvalue weighted by Crippen LogP contribution is 2.23. The molecule has 0 spiro atoms. The quantitative estimate of drug-likeness (QED) is 0.860. The number of hydrogen-bond donors (Lipinski definition) is 2. The summed E-state index contributed by atoms with van der Waals surface area (Å²) in [5, 5.41) is 6.65. The van der Waals surface area contributed by atoms with Gasteiger partial charge in [-0.3, -0.25) is 4.79 Å².